The number of likely N-dealkylation sites (N-methyl/N-ethyl adjacent to an activating group) is 1. The van der Waals surface area contributed by atoms with Crippen LogP contribution in [0.4, 0.5) is 0 Å². The number of hydrogen-bond donors (Lipinski definition) is 1. The van der Waals surface area contributed by atoms with E-state index < -0.39 is 0 Å². The molecule has 0 aliphatic carbocycles. The van der Waals surface area contributed by atoms with Crippen LogP contribution in [0.1, 0.15) is 37.9 Å². The van der Waals surface area contributed by atoms with E-state index >= 15 is 0 Å². The van der Waals surface area contributed by atoms with Gasteiger partial charge in [0.1, 0.15) is 0 Å². The number of rotatable bonds is 9. The van der Waals surface area contributed by atoms with Crippen LogP contribution < -0.4 is 5.32 Å². The molecule has 0 aliphatic heterocycles. The van der Waals surface area contributed by atoms with Crippen LogP contribution in [0.2, 0.25) is 0 Å². The standard InChI is InChI=1S/C16H27NO2/c1-5-17-16(12-18-10-11-19-13(2)3)15-9-7-6-8-14(15)4/h6-9,13,16-17H,5,10-12H2,1-4H3. The van der Waals surface area contributed by atoms with Gasteiger partial charge in [-0.15, -0.1) is 0 Å². The molecule has 3 nitrogen and oxygen atoms in total. The molecular weight excluding hydrogens is 238 g/mol. The quantitative estimate of drug-likeness (QED) is 0.696. The lowest BCUT2D eigenvalue weighted by molar-refractivity contribution is 0.0138. The smallest absolute Gasteiger partial charge is 0.0703 e. The Morgan fingerprint density at radius 2 is 1.89 bits per heavy atom. The molecule has 0 spiro atoms. The first kappa shape index (κ1) is 16.2. The normalized spacial score (nSPS) is 12.9. The van der Waals surface area contributed by atoms with Crippen molar-refractivity contribution in [1.82, 2.24) is 5.32 Å². The first-order valence-corrected chi connectivity index (χ1v) is 7.13. The number of ether oxygens (including phenoxy) is 2. The van der Waals surface area contributed by atoms with Crippen molar-refractivity contribution >= 4 is 0 Å². The molecule has 0 aliphatic rings. The van der Waals surface area contributed by atoms with Crippen molar-refractivity contribution in [3.63, 3.8) is 0 Å². The molecule has 0 aromatic heterocycles. The van der Waals surface area contributed by atoms with E-state index in [0.717, 1.165) is 6.54 Å². The maximum absolute atomic E-state index is 5.72. The maximum Gasteiger partial charge on any atom is 0.0703 e. The van der Waals surface area contributed by atoms with Gasteiger partial charge in [0.25, 0.3) is 0 Å². The molecule has 1 unspecified atom stereocenters. The molecule has 0 saturated carbocycles. The molecule has 1 aromatic carbocycles. The Bertz CT molecular complexity index is 352. The lowest BCUT2D eigenvalue weighted by Crippen LogP contribution is -2.26. The highest BCUT2D eigenvalue weighted by Crippen LogP contribution is 2.17. The summed E-state index contributed by atoms with van der Waals surface area (Å²) in [6.07, 6.45) is 0.268. The second-order valence-corrected chi connectivity index (χ2v) is 4.96. The average Bonchev–Trinajstić information content (AvgIpc) is 2.37. The zero-order chi connectivity index (χ0) is 14.1. The monoisotopic (exact) mass is 265 g/mol. The van der Waals surface area contributed by atoms with Crippen molar-refractivity contribution < 1.29 is 9.47 Å². The van der Waals surface area contributed by atoms with Crippen molar-refractivity contribution in [3.05, 3.63) is 35.4 Å². The largest absolute Gasteiger partial charge is 0.377 e. The van der Waals surface area contributed by atoms with E-state index in [9.17, 15) is 0 Å². The van der Waals surface area contributed by atoms with E-state index in [4.69, 9.17) is 9.47 Å². The van der Waals surface area contributed by atoms with Crippen molar-refractivity contribution in [2.45, 2.75) is 39.8 Å². The van der Waals surface area contributed by atoms with E-state index in [1.165, 1.54) is 11.1 Å². The molecule has 1 atom stereocenters. The summed E-state index contributed by atoms with van der Waals surface area (Å²) in [4.78, 5) is 0. The van der Waals surface area contributed by atoms with Gasteiger partial charge in [-0.3, -0.25) is 0 Å². The van der Waals surface area contributed by atoms with Gasteiger partial charge in [-0.25, -0.2) is 0 Å². The molecule has 1 N–H and O–H groups in total. The van der Waals surface area contributed by atoms with Gasteiger partial charge in [-0.05, 0) is 38.4 Å². The Morgan fingerprint density at radius 1 is 1.16 bits per heavy atom. The highest BCUT2D eigenvalue weighted by atomic mass is 16.5. The second kappa shape index (κ2) is 9.08. The van der Waals surface area contributed by atoms with Gasteiger partial charge in [0.15, 0.2) is 0 Å². The zero-order valence-corrected chi connectivity index (χ0v) is 12.6. The van der Waals surface area contributed by atoms with Crippen LogP contribution in [-0.4, -0.2) is 32.5 Å². The van der Waals surface area contributed by atoms with Crippen LogP contribution in [-0.2, 0) is 9.47 Å². The van der Waals surface area contributed by atoms with Crippen LogP contribution >= 0.6 is 0 Å². The van der Waals surface area contributed by atoms with E-state index in [1.807, 2.05) is 13.8 Å². The summed E-state index contributed by atoms with van der Waals surface area (Å²) in [7, 11) is 0. The molecule has 108 valence electrons. The molecule has 0 heterocycles. The molecule has 0 fully saturated rings. The predicted octanol–water partition coefficient (Wildman–Crippen LogP) is 3.09. The second-order valence-electron chi connectivity index (χ2n) is 4.96. The highest BCUT2D eigenvalue weighted by Gasteiger charge is 2.12. The van der Waals surface area contributed by atoms with E-state index in [2.05, 4.69) is 43.4 Å². The van der Waals surface area contributed by atoms with Gasteiger partial charge in [0.2, 0.25) is 0 Å². The van der Waals surface area contributed by atoms with Crippen LogP contribution in [0, 0.1) is 6.92 Å². The molecule has 1 aromatic rings. The Kier molecular flexibility index (Phi) is 7.72. The SMILES string of the molecule is CCNC(COCCOC(C)C)c1ccccc1C. The summed E-state index contributed by atoms with van der Waals surface area (Å²) < 4.78 is 11.2. The van der Waals surface area contributed by atoms with Crippen LogP contribution in [0.15, 0.2) is 24.3 Å². The maximum atomic E-state index is 5.72. The lowest BCUT2D eigenvalue weighted by atomic mass is 10.0. The zero-order valence-electron chi connectivity index (χ0n) is 12.6. The minimum atomic E-state index is 0.255. The summed E-state index contributed by atoms with van der Waals surface area (Å²) in [5.41, 5.74) is 2.62. The van der Waals surface area contributed by atoms with Gasteiger partial charge in [0, 0.05) is 0 Å². The highest BCUT2D eigenvalue weighted by molar-refractivity contribution is 5.28. The number of aryl methyl sites for hydroxylation is 1. The molecule has 1 rings (SSSR count). The van der Waals surface area contributed by atoms with E-state index in [-0.39, 0.29) is 12.1 Å². The van der Waals surface area contributed by atoms with Gasteiger partial charge in [-0.1, -0.05) is 31.2 Å². The van der Waals surface area contributed by atoms with Gasteiger partial charge < -0.3 is 14.8 Å². The Hall–Kier alpha value is -0.900. The van der Waals surface area contributed by atoms with Crippen LogP contribution in [0.3, 0.4) is 0 Å². The fourth-order valence-corrected chi connectivity index (χ4v) is 2.03. The van der Waals surface area contributed by atoms with Crippen molar-refractivity contribution in [2.24, 2.45) is 0 Å². The topological polar surface area (TPSA) is 30.5 Å². The Balaban J connectivity index is 2.43. The fraction of sp³-hybridized carbons (Fsp3) is 0.625. The van der Waals surface area contributed by atoms with E-state index in [1.54, 1.807) is 0 Å². The average molecular weight is 265 g/mol. The number of nitrogens with one attached hydrogen (secondary N) is 1. The van der Waals surface area contributed by atoms with Crippen LogP contribution in [0.5, 0.6) is 0 Å². The third kappa shape index (κ3) is 6.19. The van der Waals surface area contributed by atoms with Gasteiger partial charge in [0.05, 0.1) is 32.0 Å². The van der Waals surface area contributed by atoms with Crippen LogP contribution in [0.25, 0.3) is 0 Å². The molecule has 0 bridgehead atoms. The van der Waals surface area contributed by atoms with Gasteiger partial charge >= 0.3 is 0 Å². The molecular formula is C16H27NO2. The van der Waals surface area contributed by atoms with Crippen molar-refractivity contribution in [1.29, 1.82) is 0 Å². The Labute approximate surface area is 117 Å². The first-order valence-electron chi connectivity index (χ1n) is 7.13. The summed E-state index contributed by atoms with van der Waals surface area (Å²) in [5, 5.41) is 3.47. The summed E-state index contributed by atoms with van der Waals surface area (Å²) in [6.45, 7) is 11.2. The molecule has 3 heteroatoms. The molecule has 0 saturated heterocycles. The summed E-state index contributed by atoms with van der Waals surface area (Å²) >= 11 is 0. The van der Waals surface area contributed by atoms with Gasteiger partial charge in [-0.2, -0.15) is 0 Å². The molecule has 0 amide bonds. The third-order valence-electron chi connectivity index (χ3n) is 2.98. The summed E-state index contributed by atoms with van der Waals surface area (Å²) in [6, 6.07) is 8.71. The fourth-order valence-electron chi connectivity index (χ4n) is 2.03. The van der Waals surface area contributed by atoms with E-state index in [0.29, 0.717) is 19.8 Å². The Morgan fingerprint density at radius 3 is 2.53 bits per heavy atom. The first-order chi connectivity index (χ1) is 9.15. The minimum absolute atomic E-state index is 0.255. The van der Waals surface area contributed by atoms with Crippen molar-refractivity contribution in [2.75, 3.05) is 26.4 Å². The lowest BCUT2D eigenvalue weighted by Gasteiger charge is -2.20. The number of hydrogen-bond acceptors (Lipinski definition) is 3. The minimum Gasteiger partial charge on any atom is -0.377 e. The predicted molar refractivity (Wildman–Crippen MR) is 79.5 cm³/mol. The molecule has 0 radical (unpaired) electrons. The summed E-state index contributed by atoms with van der Waals surface area (Å²) in [5.74, 6) is 0. The van der Waals surface area contributed by atoms with Crippen molar-refractivity contribution in [3.8, 4) is 0 Å². The molecule has 19 heavy (non-hydrogen) atoms. The third-order valence-corrected chi connectivity index (χ3v) is 2.98. The number of benzene rings is 1.